The fourth-order valence-electron chi connectivity index (χ4n) is 2.83. The summed E-state index contributed by atoms with van der Waals surface area (Å²) in [5, 5.41) is 19.3. The third-order valence-electron chi connectivity index (χ3n) is 4.12. The Morgan fingerprint density at radius 2 is 1.39 bits per heavy atom. The molecule has 2 aliphatic heterocycles. The van der Waals surface area contributed by atoms with E-state index < -0.39 is 11.9 Å². The highest BCUT2D eigenvalue weighted by Crippen LogP contribution is 2.68. The van der Waals surface area contributed by atoms with Crippen molar-refractivity contribution in [2.45, 2.75) is 47.3 Å². The molecule has 0 fully saturated rings. The normalized spacial score (nSPS) is 16.3. The van der Waals surface area contributed by atoms with Gasteiger partial charge in [-0.25, -0.2) is 14.6 Å². The predicted octanol–water partition coefficient (Wildman–Crippen LogP) is 5.92. The summed E-state index contributed by atoms with van der Waals surface area (Å²) >= 11 is 4.76. The molecule has 13 heteroatoms. The number of ether oxygens (including phenoxy) is 3. The maximum atomic E-state index is 12.4. The molecule has 0 bridgehead atoms. The molecular formula is C23H20N2O7S4. The summed E-state index contributed by atoms with van der Waals surface area (Å²) in [4.78, 5) is 36.7. The molecule has 188 valence electrons. The van der Waals surface area contributed by atoms with Gasteiger partial charge in [0.2, 0.25) is 0 Å². The second kappa shape index (κ2) is 12.6. The van der Waals surface area contributed by atoms with Crippen LogP contribution in [0.2, 0.25) is 0 Å². The monoisotopic (exact) mass is 564 g/mol. The number of nitrogens with zero attached hydrogens (tertiary/aromatic N) is 2. The minimum atomic E-state index is -0.742. The number of benzene rings is 1. The van der Waals surface area contributed by atoms with Gasteiger partial charge in [-0.1, -0.05) is 53.6 Å². The van der Waals surface area contributed by atoms with E-state index in [2.05, 4.69) is 12.6 Å². The van der Waals surface area contributed by atoms with Crippen LogP contribution in [0.15, 0.2) is 51.5 Å². The van der Waals surface area contributed by atoms with Crippen LogP contribution in [0.25, 0.3) is 0 Å². The van der Waals surface area contributed by atoms with E-state index in [1.807, 2.05) is 6.07 Å². The Morgan fingerprint density at radius 1 is 0.833 bits per heavy atom. The van der Waals surface area contributed by atoms with Crippen LogP contribution in [-0.2, 0) is 24.1 Å². The summed E-state index contributed by atoms with van der Waals surface area (Å²) in [6.07, 6.45) is 0. The molecular weight excluding hydrogens is 545 g/mol. The average molecular weight is 565 g/mol. The first-order chi connectivity index (χ1) is 17.2. The van der Waals surface area contributed by atoms with Crippen molar-refractivity contribution in [3.05, 3.63) is 32.0 Å². The first-order valence-corrected chi connectivity index (χ1v) is 13.7. The van der Waals surface area contributed by atoms with Crippen molar-refractivity contribution in [1.29, 1.82) is 10.5 Å². The van der Waals surface area contributed by atoms with E-state index in [4.69, 9.17) is 24.0 Å². The standard InChI is InChI=1S/C23H20N2O7S4/c1-6-28-21(27)14(9-25)23-35-18-15(31-11(3)4)17-19(16(20(18)36-23)32-12(5)26)34-22(33-17)13(8-24)10-30-29-7-2/h3,6-7,10H2,1-2,4-5H3/b22-13+,23-14-. The second-order valence-corrected chi connectivity index (χ2v) is 11.4. The van der Waals surface area contributed by atoms with Crippen LogP contribution in [0.5, 0.6) is 11.5 Å². The first kappa shape index (κ1) is 28.1. The van der Waals surface area contributed by atoms with Gasteiger partial charge in [0.05, 0.1) is 58.7 Å². The zero-order chi connectivity index (χ0) is 26.4. The van der Waals surface area contributed by atoms with E-state index in [-0.39, 0.29) is 24.5 Å². The molecule has 2 heterocycles. The lowest BCUT2D eigenvalue weighted by molar-refractivity contribution is -0.283. The van der Waals surface area contributed by atoms with Gasteiger partial charge in [-0.2, -0.15) is 10.5 Å². The van der Waals surface area contributed by atoms with Crippen molar-refractivity contribution in [3.63, 3.8) is 0 Å². The Labute approximate surface area is 225 Å². The number of esters is 2. The topological polar surface area (TPSA) is 128 Å². The molecule has 2 aliphatic rings. The van der Waals surface area contributed by atoms with Gasteiger partial charge in [-0.15, -0.1) is 0 Å². The number of carbonyl (C=O) groups excluding carboxylic acids is 2. The summed E-state index contributed by atoms with van der Waals surface area (Å²) in [7, 11) is 0. The first-order valence-electron chi connectivity index (χ1n) is 10.4. The SMILES string of the molecule is C=C(C)Oc1c2c(c(OC(C)=O)c3c1S/C(=C(/C#N)COOCC)S3)S/C(=C(/C#N)C(=O)OCC)S2. The van der Waals surface area contributed by atoms with E-state index in [1.165, 1.54) is 30.4 Å². The average Bonchev–Trinajstić information content (AvgIpc) is 3.45. The Kier molecular flexibility index (Phi) is 9.84. The van der Waals surface area contributed by atoms with Crippen molar-refractivity contribution < 1.29 is 33.6 Å². The van der Waals surface area contributed by atoms with Crippen LogP contribution in [0.4, 0.5) is 0 Å². The van der Waals surface area contributed by atoms with Crippen LogP contribution in [0.1, 0.15) is 27.7 Å². The van der Waals surface area contributed by atoms with Gasteiger partial charge in [-0.05, 0) is 20.8 Å². The van der Waals surface area contributed by atoms with E-state index in [1.54, 1.807) is 20.8 Å². The molecule has 1 aromatic rings. The minimum Gasteiger partial charge on any atom is -0.462 e. The highest BCUT2D eigenvalue weighted by atomic mass is 32.2. The summed E-state index contributed by atoms with van der Waals surface area (Å²) < 4.78 is 17.6. The lowest BCUT2D eigenvalue weighted by Gasteiger charge is -2.16. The molecule has 36 heavy (non-hydrogen) atoms. The fourth-order valence-corrected chi connectivity index (χ4v) is 8.14. The second-order valence-electron chi connectivity index (χ2n) is 6.82. The van der Waals surface area contributed by atoms with Crippen molar-refractivity contribution in [2.24, 2.45) is 0 Å². The molecule has 0 saturated heterocycles. The zero-order valence-electron chi connectivity index (χ0n) is 19.7. The van der Waals surface area contributed by atoms with Crippen LogP contribution < -0.4 is 9.47 Å². The van der Waals surface area contributed by atoms with Crippen molar-refractivity contribution >= 4 is 59.0 Å². The number of rotatable bonds is 9. The zero-order valence-corrected chi connectivity index (χ0v) is 23.0. The number of thioether (sulfide) groups is 4. The van der Waals surface area contributed by atoms with Crippen molar-refractivity contribution in [3.8, 4) is 23.6 Å². The molecule has 9 nitrogen and oxygen atoms in total. The predicted molar refractivity (Wildman–Crippen MR) is 136 cm³/mol. The fraction of sp³-hybridized carbons (Fsp3) is 0.304. The van der Waals surface area contributed by atoms with Crippen molar-refractivity contribution in [1.82, 2.24) is 0 Å². The van der Waals surface area contributed by atoms with Gasteiger partial charge in [0.25, 0.3) is 0 Å². The molecule has 0 atom stereocenters. The summed E-state index contributed by atoms with van der Waals surface area (Å²) in [6, 6.07) is 4.04. The maximum Gasteiger partial charge on any atom is 0.350 e. The van der Waals surface area contributed by atoms with Gasteiger partial charge >= 0.3 is 11.9 Å². The van der Waals surface area contributed by atoms with Gasteiger partial charge in [0.15, 0.2) is 17.1 Å². The Hall–Kier alpha value is -2.52. The van der Waals surface area contributed by atoms with E-state index in [9.17, 15) is 20.1 Å². The molecule has 0 spiro atoms. The highest BCUT2D eigenvalue weighted by Gasteiger charge is 2.39. The number of allylic oxidation sites excluding steroid dienone is 1. The van der Waals surface area contributed by atoms with E-state index in [0.29, 0.717) is 51.7 Å². The molecule has 0 unspecified atom stereocenters. The van der Waals surface area contributed by atoms with E-state index >= 15 is 0 Å². The number of hydrogen-bond donors (Lipinski definition) is 0. The molecule has 3 rings (SSSR count). The van der Waals surface area contributed by atoms with Crippen LogP contribution in [-0.4, -0.2) is 31.8 Å². The van der Waals surface area contributed by atoms with Crippen LogP contribution in [0.3, 0.4) is 0 Å². The Bertz CT molecular complexity index is 1220. The minimum absolute atomic E-state index is 0.0611. The maximum absolute atomic E-state index is 12.4. The smallest absolute Gasteiger partial charge is 0.350 e. The molecule has 0 aliphatic carbocycles. The Balaban J connectivity index is 2.20. The van der Waals surface area contributed by atoms with Crippen molar-refractivity contribution in [2.75, 3.05) is 19.8 Å². The number of nitriles is 2. The Morgan fingerprint density at radius 3 is 1.83 bits per heavy atom. The van der Waals surface area contributed by atoms with E-state index in [0.717, 1.165) is 23.5 Å². The van der Waals surface area contributed by atoms with Gasteiger partial charge in [0, 0.05) is 6.92 Å². The summed E-state index contributed by atoms with van der Waals surface area (Å²) in [5.74, 6) is -0.214. The quantitative estimate of drug-likeness (QED) is 0.0515. The molecule has 0 amide bonds. The number of carbonyl (C=O) groups is 2. The summed E-state index contributed by atoms with van der Waals surface area (Å²) in [6.45, 7) is 10.6. The summed E-state index contributed by atoms with van der Waals surface area (Å²) in [5.41, 5.74) is 0.179. The lowest BCUT2D eigenvalue weighted by Crippen LogP contribution is -2.07. The molecule has 0 radical (unpaired) electrons. The third-order valence-corrected chi connectivity index (χ3v) is 9.40. The molecule has 0 saturated carbocycles. The van der Waals surface area contributed by atoms with Crippen LogP contribution in [0, 0.1) is 22.7 Å². The molecule has 0 N–H and O–H groups in total. The third kappa shape index (κ3) is 6.06. The lowest BCUT2D eigenvalue weighted by atomic mass is 10.3. The van der Waals surface area contributed by atoms with Gasteiger partial charge in [0.1, 0.15) is 12.7 Å². The largest absolute Gasteiger partial charge is 0.462 e. The molecule has 0 aromatic heterocycles. The van der Waals surface area contributed by atoms with Gasteiger partial charge < -0.3 is 14.2 Å². The number of hydrogen-bond acceptors (Lipinski definition) is 13. The molecule has 1 aromatic carbocycles. The van der Waals surface area contributed by atoms with Crippen LogP contribution >= 0.6 is 47.0 Å². The van der Waals surface area contributed by atoms with Gasteiger partial charge in [-0.3, -0.25) is 4.79 Å². The number of fused-ring (bicyclic) bond motifs is 2. The highest BCUT2D eigenvalue weighted by molar-refractivity contribution is 8.26.